The predicted octanol–water partition coefficient (Wildman–Crippen LogP) is 5.65. The van der Waals surface area contributed by atoms with Gasteiger partial charge in [-0.1, -0.05) is 12.6 Å². The molecule has 3 saturated heterocycles. The molecule has 0 spiro atoms. The summed E-state index contributed by atoms with van der Waals surface area (Å²) in [6, 6.07) is 5.17. The highest BCUT2D eigenvalue weighted by Crippen LogP contribution is 2.40. The number of hydrogen-bond acceptors (Lipinski definition) is 3. The number of alkyl halides is 3. The lowest BCUT2D eigenvalue weighted by Crippen LogP contribution is -2.41. The van der Waals surface area contributed by atoms with Crippen molar-refractivity contribution in [2.45, 2.75) is 63.7 Å². The van der Waals surface area contributed by atoms with E-state index in [9.17, 15) is 13.2 Å². The summed E-state index contributed by atoms with van der Waals surface area (Å²) in [6.45, 7) is 13.4. The molecule has 172 valence electrons. The van der Waals surface area contributed by atoms with E-state index >= 15 is 0 Å². The van der Waals surface area contributed by atoms with Crippen molar-refractivity contribution < 1.29 is 13.2 Å². The van der Waals surface area contributed by atoms with Gasteiger partial charge in [-0.15, -0.1) is 0 Å². The zero-order chi connectivity index (χ0) is 22.3. The second-order valence-electron chi connectivity index (χ2n) is 9.62. The molecule has 0 amide bonds. The maximum absolute atomic E-state index is 13.0. The first-order chi connectivity index (χ1) is 14.6. The van der Waals surface area contributed by atoms with Crippen molar-refractivity contribution >= 4 is 11.8 Å². The van der Waals surface area contributed by atoms with Gasteiger partial charge in [-0.05, 0) is 81.1 Å². The van der Waals surface area contributed by atoms with Crippen LogP contribution in [0.1, 0.15) is 55.2 Å². The van der Waals surface area contributed by atoms with E-state index in [2.05, 4.69) is 23.3 Å². The Labute approximate surface area is 188 Å². The Hall–Kier alpha value is -1.24. The van der Waals surface area contributed by atoms with Crippen molar-refractivity contribution in [1.29, 1.82) is 0 Å². The Kier molecular flexibility index (Phi) is 6.62. The third kappa shape index (κ3) is 4.91. The molecule has 3 nitrogen and oxygen atoms in total. The van der Waals surface area contributed by atoms with Crippen LogP contribution in [0.2, 0.25) is 0 Å². The first-order valence-corrected chi connectivity index (χ1v) is 11.7. The van der Waals surface area contributed by atoms with E-state index in [0.29, 0.717) is 18.0 Å². The Morgan fingerprint density at radius 3 is 2.45 bits per heavy atom. The molecule has 0 aliphatic carbocycles. The average Bonchev–Trinajstić information content (AvgIpc) is 3.34. The van der Waals surface area contributed by atoms with Gasteiger partial charge in [-0.2, -0.15) is 13.2 Å². The van der Waals surface area contributed by atoms with Gasteiger partial charge in [0.15, 0.2) is 0 Å². The summed E-state index contributed by atoms with van der Waals surface area (Å²) in [5, 5.41) is 0. The molecule has 1 aromatic carbocycles. The molecule has 4 rings (SSSR count). The molecule has 3 heterocycles. The molecule has 3 fully saturated rings. The summed E-state index contributed by atoms with van der Waals surface area (Å²) in [4.78, 5) is 5.02. The Bertz CT molecular complexity index is 804. The van der Waals surface area contributed by atoms with Gasteiger partial charge in [0.2, 0.25) is 0 Å². The maximum atomic E-state index is 13.0. The Morgan fingerprint density at radius 1 is 1.10 bits per heavy atom. The van der Waals surface area contributed by atoms with E-state index in [-0.39, 0.29) is 5.92 Å². The van der Waals surface area contributed by atoms with E-state index in [1.54, 1.807) is 13.0 Å². The van der Waals surface area contributed by atoms with Crippen molar-refractivity contribution in [3.63, 3.8) is 0 Å². The molecule has 7 heteroatoms. The van der Waals surface area contributed by atoms with Crippen molar-refractivity contribution in [2.24, 2.45) is 5.92 Å². The van der Waals surface area contributed by atoms with E-state index < -0.39 is 11.7 Å². The van der Waals surface area contributed by atoms with Gasteiger partial charge in [0.25, 0.3) is 0 Å². The number of aryl methyl sites for hydroxylation is 1. The second kappa shape index (κ2) is 8.95. The maximum Gasteiger partial charge on any atom is 0.416 e. The highest BCUT2D eigenvalue weighted by Gasteiger charge is 2.38. The first-order valence-electron chi connectivity index (χ1n) is 11.4. The fourth-order valence-corrected chi connectivity index (χ4v) is 5.99. The van der Waals surface area contributed by atoms with Crippen molar-refractivity contribution in [2.75, 3.05) is 32.7 Å². The quantitative estimate of drug-likeness (QED) is 0.543. The van der Waals surface area contributed by atoms with Crippen LogP contribution < -0.4 is 0 Å². The van der Waals surface area contributed by atoms with Crippen molar-refractivity contribution in [3.8, 4) is 0 Å². The molecule has 0 radical (unpaired) electrons. The van der Waals surface area contributed by atoms with E-state index in [1.165, 1.54) is 17.8 Å². The van der Waals surface area contributed by atoms with Crippen LogP contribution in [-0.2, 0) is 6.18 Å². The van der Waals surface area contributed by atoms with Gasteiger partial charge in [0, 0.05) is 55.8 Å². The number of rotatable bonds is 4. The summed E-state index contributed by atoms with van der Waals surface area (Å²) in [5.74, 6) is 0.712. The minimum atomic E-state index is -4.29. The van der Waals surface area contributed by atoms with Crippen LogP contribution in [0.15, 0.2) is 30.5 Å². The summed E-state index contributed by atoms with van der Waals surface area (Å²) in [5.41, 5.74) is 2.41. The van der Waals surface area contributed by atoms with Crippen LogP contribution in [0.4, 0.5) is 13.2 Å². The van der Waals surface area contributed by atoms with Crippen LogP contribution in [0.25, 0.3) is 0 Å². The third-order valence-corrected chi connectivity index (χ3v) is 7.94. The zero-order valence-corrected chi connectivity index (χ0v) is 19.2. The molecule has 3 atom stereocenters. The van der Waals surface area contributed by atoms with Crippen LogP contribution in [-0.4, -0.2) is 59.0 Å². The highest BCUT2D eigenvalue weighted by molar-refractivity contribution is 6.13. The lowest BCUT2D eigenvalue weighted by Gasteiger charge is -2.35. The number of piperidine rings is 1. The van der Waals surface area contributed by atoms with Gasteiger partial charge < -0.3 is 4.90 Å². The summed E-state index contributed by atoms with van der Waals surface area (Å²) in [7, 11) is 0. The fourth-order valence-electron chi connectivity index (χ4n) is 5.79. The normalized spacial score (nSPS) is 29.1. The largest absolute Gasteiger partial charge is 0.416 e. The topological polar surface area (TPSA) is 9.72 Å². The minimum Gasteiger partial charge on any atom is -0.372 e. The Balaban J connectivity index is 1.38. The van der Waals surface area contributed by atoms with E-state index in [1.807, 2.05) is 4.42 Å². The number of nitrogens with zero attached hydrogens (tertiary/aromatic N) is 3. The molecule has 1 aromatic rings. The number of hydrogen-bond donors (Lipinski definition) is 0. The fraction of sp³-hybridized carbons (Fsp3) is 0.667. The smallest absolute Gasteiger partial charge is 0.372 e. The Morgan fingerprint density at radius 2 is 1.81 bits per heavy atom. The lowest BCUT2D eigenvalue weighted by atomic mass is 9.91. The first kappa shape index (κ1) is 22.9. The third-order valence-electron chi connectivity index (χ3n) is 7.60. The monoisotopic (exact) mass is 455 g/mol. The van der Waals surface area contributed by atoms with Crippen molar-refractivity contribution in [1.82, 2.24) is 14.2 Å². The average molecular weight is 456 g/mol. The van der Waals surface area contributed by atoms with Gasteiger partial charge in [-0.25, -0.2) is 4.42 Å². The molecule has 2 unspecified atom stereocenters. The molecule has 31 heavy (non-hydrogen) atoms. The zero-order valence-electron chi connectivity index (χ0n) is 18.5. The van der Waals surface area contributed by atoms with E-state index in [4.69, 9.17) is 11.8 Å². The van der Waals surface area contributed by atoms with Gasteiger partial charge in [-0.3, -0.25) is 4.90 Å². The summed E-state index contributed by atoms with van der Waals surface area (Å²) in [6.07, 6.45) is 0.0421. The molecule has 0 saturated carbocycles. The second-order valence-corrected chi connectivity index (χ2v) is 10.1. The molecule has 3 aliphatic rings. The molecular weight excluding hydrogens is 423 g/mol. The van der Waals surface area contributed by atoms with Crippen LogP contribution in [0.5, 0.6) is 0 Å². The van der Waals surface area contributed by atoms with Gasteiger partial charge in [0.1, 0.15) is 0 Å². The number of likely N-dealkylation sites (tertiary alicyclic amines) is 2. The van der Waals surface area contributed by atoms with Crippen LogP contribution >= 0.6 is 11.8 Å². The molecule has 3 aliphatic heterocycles. The number of halogens is 4. The summed E-state index contributed by atoms with van der Waals surface area (Å²) < 4.78 is 41.0. The predicted molar refractivity (Wildman–Crippen MR) is 119 cm³/mol. The minimum absolute atomic E-state index is 0.250. The van der Waals surface area contributed by atoms with Crippen LogP contribution in [0.3, 0.4) is 0 Å². The summed E-state index contributed by atoms with van der Waals surface area (Å²) >= 11 is 6.11. The van der Waals surface area contributed by atoms with Gasteiger partial charge >= 0.3 is 6.18 Å². The SMILES string of the molecule is C=C(C1CCN(C2CCN(Cl)CC2)C1)N1CC(c2ccc(C(F)(F)F)cc2C)C[C@H]1C. The van der Waals surface area contributed by atoms with E-state index in [0.717, 1.165) is 69.5 Å². The van der Waals surface area contributed by atoms with Crippen LogP contribution in [0, 0.1) is 12.8 Å². The standard InChI is InChI=1S/C24H33ClF3N3/c1-16-12-21(24(26,27)28)4-5-23(16)20-13-17(2)31(15-20)18(3)19-6-9-29(14-19)22-7-10-30(25)11-8-22/h4-5,12,17,19-20,22H,3,6-11,13-15H2,1-2H3/t17-,19?,20?/m1/s1. The molecule has 0 aromatic heterocycles. The molecule has 0 N–H and O–H groups in total. The van der Waals surface area contributed by atoms with Gasteiger partial charge in [0.05, 0.1) is 5.56 Å². The lowest BCUT2D eigenvalue weighted by molar-refractivity contribution is -0.137. The van der Waals surface area contributed by atoms with Crippen molar-refractivity contribution in [3.05, 3.63) is 47.2 Å². The highest BCUT2D eigenvalue weighted by atomic mass is 35.5. The molecular formula is C24H33ClF3N3. The molecule has 0 bridgehead atoms. The number of benzene rings is 1.